The highest BCUT2D eigenvalue weighted by atomic mass is 19.2. The molecule has 0 radical (unpaired) electrons. The number of hydrogen-bond donors (Lipinski definition) is 2. The lowest BCUT2D eigenvalue weighted by molar-refractivity contribution is -0.0247. The zero-order valence-electron chi connectivity index (χ0n) is 17.5. The number of aromatic nitrogens is 3. The van der Waals surface area contributed by atoms with Gasteiger partial charge in [-0.25, -0.2) is 13.8 Å². The Morgan fingerprint density at radius 3 is 2.97 bits per heavy atom. The lowest BCUT2D eigenvalue weighted by Gasteiger charge is -2.32. The highest BCUT2D eigenvalue weighted by molar-refractivity contribution is 5.94. The maximum atomic E-state index is 13.3. The van der Waals surface area contributed by atoms with Crippen molar-refractivity contribution in [2.75, 3.05) is 38.7 Å². The Bertz CT molecular complexity index is 1090. The molecule has 0 spiro atoms. The molecule has 2 aromatic heterocycles. The summed E-state index contributed by atoms with van der Waals surface area (Å²) in [7, 11) is 1.75. The van der Waals surface area contributed by atoms with E-state index in [0.717, 1.165) is 17.8 Å². The number of amides is 1. The number of hydrogen-bond acceptors (Lipinski definition) is 6. The van der Waals surface area contributed by atoms with E-state index in [1.807, 2.05) is 6.07 Å². The minimum absolute atomic E-state index is 0.0899. The summed E-state index contributed by atoms with van der Waals surface area (Å²) in [6, 6.07) is 8.68. The molecule has 2 N–H and O–H groups in total. The molecule has 168 valence electrons. The van der Waals surface area contributed by atoms with E-state index in [1.165, 1.54) is 6.07 Å². The Hall–Kier alpha value is -3.53. The molecule has 4 rings (SSSR count). The summed E-state index contributed by atoms with van der Waals surface area (Å²) >= 11 is 0. The van der Waals surface area contributed by atoms with Gasteiger partial charge >= 0.3 is 0 Å². The second kappa shape index (κ2) is 9.73. The zero-order valence-corrected chi connectivity index (χ0v) is 17.5. The van der Waals surface area contributed by atoms with Crippen LogP contribution in [0.4, 0.5) is 14.6 Å². The van der Waals surface area contributed by atoms with Gasteiger partial charge in [-0.1, -0.05) is 0 Å². The largest absolute Gasteiger partial charge is 0.493 e. The third-order valence-electron chi connectivity index (χ3n) is 5.13. The van der Waals surface area contributed by atoms with Gasteiger partial charge in [0.1, 0.15) is 17.7 Å². The van der Waals surface area contributed by atoms with Crippen molar-refractivity contribution in [3.05, 3.63) is 71.2 Å². The maximum Gasteiger partial charge on any atom is 0.254 e. The smallest absolute Gasteiger partial charge is 0.254 e. The number of nitrogens with one attached hydrogen (secondary N) is 2. The molecule has 32 heavy (non-hydrogen) atoms. The van der Waals surface area contributed by atoms with Crippen molar-refractivity contribution in [2.24, 2.45) is 0 Å². The van der Waals surface area contributed by atoms with E-state index >= 15 is 0 Å². The van der Waals surface area contributed by atoms with Crippen LogP contribution in [-0.4, -0.2) is 59.3 Å². The number of ether oxygens (including phenoxy) is 2. The number of nitrogens with zero attached hydrogens (tertiary/aromatic N) is 3. The van der Waals surface area contributed by atoms with E-state index in [0.29, 0.717) is 43.2 Å². The van der Waals surface area contributed by atoms with Gasteiger partial charge in [-0.05, 0) is 30.3 Å². The predicted octanol–water partition coefficient (Wildman–Crippen LogP) is 2.96. The Morgan fingerprint density at radius 2 is 2.16 bits per heavy atom. The van der Waals surface area contributed by atoms with Gasteiger partial charge in [-0.2, -0.15) is 5.10 Å². The van der Waals surface area contributed by atoms with Gasteiger partial charge in [0.15, 0.2) is 11.6 Å². The van der Waals surface area contributed by atoms with Crippen LogP contribution in [0.15, 0.2) is 42.6 Å². The fraction of sp³-hybridized carbons (Fsp3) is 0.318. The summed E-state index contributed by atoms with van der Waals surface area (Å²) in [5.41, 5.74) is 2.06. The molecule has 1 atom stereocenters. The van der Waals surface area contributed by atoms with Crippen LogP contribution in [-0.2, 0) is 11.2 Å². The second-order valence-corrected chi connectivity index (χ2v) is 7.28. The lowest BCUT2D eigenvalue weighted by Crippen LogP contribution is -2.42. The highest BCUT2D eigenvalue weighted by Crippen LogP contribution is 2.23. The maximum absolute atomic E-state index is 13.3. The third-order valence-corrected chi connectivity index (χ3v) is 5.13. The number of pyridine rings is 1. The first-order valence-electron chi connectivity index (χ1n) is 10.2. The van der Waals surface area contributed by atoms with Crippen molar-refractivity contribution in [1.29, 1.82) is 0 Å². The van der Waals surface area contributed by atoms with Gasteiger partial charge < -0.3 is 19.7 Å². The molecule has 0 bridgehead atoms. The number of anilines is 1. The van der Waals surface area contributed by atoms with E-state index in [1.54, 1.807) is 30.3 Å². The molecule has 10 heteroatoms. The first-order valence-corrected chi connectivity index (χ1v) is 10.2. The standard InChI is InChI=1S/C22H23F2N5O3/c1-25-21-10-14(4-6-26-21)22(30)29-7-9-32-20(13-29)19-11-15(27-28-19)5-8-31-16-2-3-17(23)18(24)12-16/h2-4,6,10-12,20H,5,7-9,13H2,1H3,(H,25,26)(H,27,28). The summed E-state index contributed by atoms with van der Waals surface area (Å²) < 4.78 is 37.5. The molecule has 1 fully saturated rings. The van der Waals surface area contributed by atoms with Gasteiger partial charge in [-0.15, -0.1) is 0 Å². The van der Waals surface area contributed by atoms with Crippen LogP contribution >= 0.6 is 0 Å². The second-order valence-electron chi connectivity index (χ2n) is 7.28. The highest BCUT2D eigenvalue weighted by Gasteiger charge is 2.28. The number of halogens is 2. The SMILES string of the molecule is CNc1cc(C(=O)N2CCOC(c3cc(CCOc4ccc(F)c(F)c4)[nH]n3)C2)ccn1. The molecule has 1 saturated heterocycles. The Morgan fingerprint density at radius 1 is 1.28 bits per heavy atom. The Balaban J connectivity index is 1.33. The number of rotatable bonds is 7. The van der Waals surface area contributed by atoms with Gasteiger partial charge in [-0.3, -0.25) is 9.89 Å². The topological polar surface area (TPSA) is 92.4 Å². The van der Waals surface area contributed by atoms with E-state index in [-0.39, 0.29) is 24.4 Å². The molecule has 1 unspecified atom stereocenters. The summed E-state index contributed by atoms with van der Waals surface area (Å²) in [5, 5.41) is 10.2. The molecule has 3 heterocycles. The lowest BCUT2D eigenvalue weighted by atomic mass is 10.1. The van der Waals surface area contributed by atoms with Crippen molar-refractivity contribution < 1.29 is 23.0 Å². The minimum Gasteiger partial charge on any atom is -0.493 e. The fourth-order valence-electron chi connectivity index (χ4n) is 3.41. The number of carbonyl (C=O) groups excluding carboxylic acids is 1. The minimum atomic E-state index is -0.950. The summed E-state index contributed by atoms with van der Waals surface area (Å²) in [6.45, 7) is 1.54. The molecule has 0 saturated carbocycles. The number of aromatic amines is 1. The van der Waals surface area contributed by atoms with Crippen LogP contribution in [0.1, 0.15) is 27.8 Å². The summed E-state index contributed by atoms with van der Waals surface area (Å²) in [5.74, 6) is -1.07. The molecular formula is C22H23F2N5O3. The van der Waals surface area contributed by atoms with Crippen molar-refractivity contribution in [2.45, 2.75) is 12.5 Å². The first-order chi connectivity index (χ1) is 15.5. The number of carbonyl (C=O) groups is 1. The van der Waals surface area contributed by atoms with Crippen molar-refractivity contribution in [1.82, 2.24) is 20.1 Å². The third kappa shape index (κ3) is 5.02. The molecule has 0 aliphatic carbocycles. The van der Waals surface area contributed by atoms with Crippen molar-refractivity contribution in [3.8, 4) is 5.75 Å². The monoisotopic (exact) mass is 443 g/mol. The molecule has 1 amide bonds. The van der Waals surface area contributed by atoms with Gasteiger partial charge in [0.2, 0.25) is 0 Å². The van der Waals surface area contributed by atoms with E-state index < -0.39 is 11.6 Å². The molecule has 1 aliphatic rings. The van der Waals surface area contributed by atoms with Crippen LogP contribution in [0.2, 0.25) is 0 Å². The fourth-order valence-corrected chi connectivity index (χ4v) is 3.41. The first kappa shape index (κ1) is 21.7. The average molecular weight is 443 g/mol. The molecule has 8 nitrogen and oxygen atoms in total. The number of morpholine rings is 1. The number of benzene rings is 1. The van der Waals surface area contributed by atoms with Crippen LogP contribution in [0.5, 0.6) is 5.75 Å². The van der Waals surface area contributed by atoms with Gasteiger partial charge in [0, 0.05) is 43.5 Å². The Kier molecular flexibility index (Phi) is 6.60. The summed E-state index contributed by atoms with van der Waals surface area (Å²) in [4.78, 5) is 18.8. The van der Waals surface area contributed by atoms with E-state index in [9.17, 15) is 13.6 Å². The van der Waals surface area contributed by atoms with E-state index in [4.69, 9.17) is 9.47 Å². The normalized spacial score (nSPS) is 16.1. The molecule has 1 aromatic carbocycles. The average Bonchev–Trinajstić information content (AvgIpc) is 3.30. The van der Waals surface area contributed by atoms with Crippen molar-refractivity contribution in [3.63, 3.8) is 0 Å². The van der Waals surface area contributed by atoms with Crippen LogP contribution in [0.3, 0.4) is 0 Å². The molecular weight excluding hydrogens is 420 g/mol. The van der Waals surface area contributed by atoms with Gasteiger partial charge in [0.25, 0.3) is 5.91 Å². The predicted molar refractivity (Wildman–Crippen MR) is 113 cm³/mol. The van der Waals surface area contributed by atoms with Crippen LogP contribution in [0.25, 0.3) is 0 Å². The zero-order chi connectivity index (χ0) is 22.5. The summed E-state index contributed by atoms with van der Waals surface area (Å²) in [6.07, 6.45) is 1.74. The molecule has 1 aliphatic heterocycles. The Labute approximate surface area is 183 Å². The van der Waals surface area contributed by atoms with Crippen LogP contribution in [0, 0.1) is 11.6 Å². The molecule has 3 aromatic rings. The van der Waals surface area contributed by atoms with Crippen molar-refractivity contribution >= 4 is 11.7 Å². The van der Waals surface area contributed by atoms with Gasteiger partial charge in [0.05, 0.1) is 25.5 Å². The quantitative estimate of drug-likeness (QED) is 0.583. The van der Waals surface area contributed by atoms with E-state index in [2.05, 4.69) is 20.5 Å². The number of H-pyrrole nitrogens is 1. The van der Waals surface area contributed by atoms with Crippen LogP contribution < -0.4 is 10.1 Å².